The summed E-state index contributed by atoms with van der Waals surface area (Å²) >= 11 is 0. The van der Waals surface area contributed by atoms with Gasteiger partial charge in [-0.15, -0.1) is 0 Å². The average molecular weight is 443 g/mol. The highest BCUT2D eigenvalue weighted by molar-refractivity contribution is 5.54. The van der Waals surface area contributed by atoms with Crippen LogP contribution in [0.15, 0.2) is 30.5 Å². The van der Waals surface area contributed by atoms with Crippen molar-refractivity contribution in [1.82, 2.24) is 19.8 Å². The van der Waals surface area contributed by atoms with Gasteiger partial charge in [-0.1, -0.05) is 55.4 Å². The van der Waals surface area contributed by atoms with E-state index in [9.17, 15) is 5.26 Å². The summed E-state index contributed by atoms with van der Waals surface area (Å²) in [7, 11) is 2.19. The number of aryl methyl sites for hydroxylation is 1. The van der Waals surface area contributed by atoms with E-state index in [4.69, 9.17) is 0 Å². The predicted octanol–water partition coefficient (Wildman–Crippen LogP) is 3.82. The van der Waals surface area contributed by atoms with Crippen LogP contribution in [-0.2, 0) is 13.0 Å². The zero-order valence-electron chi connectivity index (χ0n) is 19.7. The van der Waals surface area contributed by atoms with Crippen molar-refractivity contribution in [1.29, 1.82) is 5.26 Å². The third kappa shape index (κ3) is 7.02. The van der Waals surface area contributed by atoms with Crippen molar-refractivity contribution in [3.05, 3.63) is 53.0 Å². The number of piperazine rings is 1. The summed E-state index contributed by atoms with van der Waals surface area (Å²) in [5.41, 5.74) is 3.47. The zero-order chi connectivity index (χ0) is 22.9. The van der Waals surface area contributed by atoms with Crippen molar-refractivity contribution in [2.24, 2.45) is 0 Å². The van der Waals surface area contributed by atoms with Gasteiger partial charge in [-0.05, 0) is 37.4 Å². The number of hydrogen-bond donors (Lipinski definition) is 1. The third-order valence-corrected chi connectivity index (χ3v) is 6.62. The topological polar surface area (TPSA) is 68.1 Å². The van der Waals surface area contributed by atoms with Crippen LogP contribution >= 0.6 is 0 Å². The molecule has 2 aliphatic rings. The van der Waals surface area contributed by atoms with Crippen molar-refractivity contribution in [2.45, 2.75) is 57.5 Å². The fourth-order valence-electron chi connectivity index (χ4n) is 4.52. The molecule has 6 heteroatoms. The second kappa shape index (κ2) is 11.8. The third-order valence-electron chi connectivity index (χ3n) is 6.62. The molecule has 6 nitrogen and oxygen atoms in total. The van der Waals surface area contributed by atoms with E-state index in [1.165, 1.54) is 30.4 Å². The Morgan fingerprint density at radius 2 is 1.76 bits per heavy atom. The van der Waals surface area contributed by atoms with E-state index < -0.39 is 0 Å². The van der Waals surface area contributed by atoms with Gasteiger partial charge in [0.15, 0.2) is 0 Å². The van der Waals surface area contributed by atoms with E-state index in [1.807, 2.05) is 6.07 Å². The first-order valence-electron chi connectivity index (χ1n) is 12.2. The minimum Gasteiger partial charge on any atom is -0.366 e. The summed E-state index contributed by atoms with van der Waals surface area (Å²) in [4.78, 5) is 13.4. The fourth-order valence-corrected chi connectivity index (χ4v) is 4.52. The summed E-state index contributed by atoms with van der Waals surface area (Å²) in [5.74, 6) is 7.41. The second-order valence-corrected chi connectivity index (χ2v) is 9.24. The Labute approximate surface area is 198 Å². The Hall–Kier alpha value is -2.93. The molecule has 0 amide bonds. The van der Waals surface area contributed by atoms with Gasteiger partial charge < -0.3 is 10.2 Å². The molecule has 1 saturated carbocycles. The number of aromatic nitrogens is 2. The van der Waals surface area contributed by atoms with Gasteiger partial charge in [0, 0.05) is 51.4 Å². The Kier molecular flexibility index (Phi) is 8.30. The van der Waals surface area contributed by atoms with E-state index >= 15 is 0 Å². The minimum absolute atomic E-state index is 0.190. The molecule has 172 valence electrons. The van der Waals surface area contributed by atoms with Crippen LogP contribution in [0, 0.1) is 23.2 Å². The molecule has 1 N–H and O–H groups in total. The van der Waals surface area contributed by atoms with Gasteiger partial charge in [-0.2, -0.15) is 5.26 Å². The molecule has 1 aromatic carbocycles. The molecule has 1 saturated heterocycles. The zero-order valence-corrected chi connectivity index (χ0v) is 19.7. The smallest absolute Gasteiger partial charge is 0.234 e. The molecular weight excluding hydrogens is 408 g/mol. The Morgan fingerprint density at radius 3 is 2.48 bits per heavy atom. The number of nitrogens with zero attached hydrogens (tertiary/aromatic N) is 5. The lowest BCUT2D eigenvalue weighted by molar-refractivity contribution is 0.148. The fraction of sp³-hybridized carbons (Fsp3) is 0.519. The molecule has 0 unspecified atom stereocenters. The van der Waals surface area contributed by atoms with Gasteiger partial charge in [-0.25, -0.2) is 9.97 Å². The van der Waals surface area contributed by atoms with Crippen molar-refractivity contribution in [3.8, 4) is 17.9 Å². The van der Waals surface area contributed by atoms with Gasteiger partial charge in [0.05, 0.1) is 5.56 Å². The first-order chi connectivity index (χ1) is 16.2. The van der Waals surface area contributed by atoms with E-state index in [0.717, 1.165) is 64.0 Å². The minimum atomic E-state index is 0.190. The summed E-state index contributed by atoms with van der Waals surface area (Å²) in [6.07, 6.45) is 9.44. The number of likely N-dealkylation sites (N-methyl/N-ethyl adjacent to an activating group) is 1. The molecule has 4 rings (SSSR count). The lowest BCUT2D eigenvalue weighted by Gasteiger charge is -2.32. The van der Waals surface area contributed by atoms with Crippen molar-refractivity contribution in [2.75, 3.05) is 38.5 Å². The number of nitriles is 1. The molecule has 1 aromatic heterocycles. The number of anilines is 1. The predicted molar refractivity (Wildman–Crippen MR) is 132 cm³/mol. The van der Waals surface area contributed by atoms with Crippen molar-refractivity contribution < 1.29 is 0 Å². The molecule has 0 atom stereocenters. The van der Waals surface area contributed by atoms with E-state index in [1.54, 1.807) is 6.20 Å². The first kappa shape index (κ1) is 23.2. The largest absolute Gasteiger partial charge is 0.366 e. The molecular formula is C27H34N6. The Morgan fingerprint density at radius 1 is 1.03 bits per heavy atom. The maximum absolute atomic E-state index is 9.18. The molecule has 1 aliphatic carbocycles. The second-order valence-electron chi connectivity index (χ2n) is 9.24. The first-order valence-corrected chi connectivity index (χ1v) is 12.2. The molecule has 1 aliphatic heterocycles. The van der Waals surface area contributed by atoms with E-state index in [0.29, 0.717) is 11.9 Å². The van der Waals surface area contributed by atoms with E-state index in [-0.39, 0.29) is 5.82 Å². The van der Waals surface area contributed by atoms with Gasteiger partial charge in [0.1, 0.15) is 11.9 Å². The molecule has 0 spiro atoms. The van der Waals surface area contributed by atoms with Gasteiger partial charge in [-0.3, -0.25) is 4.90 Å². The maximum Gasteiger partial charge on any atom is 0.234 e. The lowest BCUT2D eigenvalue weighted by atomic mass is 9.95. The number of hydrogen-bond acceptors (Lipinski definition) is 6. The number of rotatable bonds is 6. The summed E-state index contributed by atoms with van der Waals surface area (Å²) in [6, 6.07) is 11.4. The van der Waals surface area contributed by atoms with Gasteiger partial charge in [0.25, 0.3) is 0 Å². The van der Waals surface area contributed by atoms with Crippen LogP contribution in [0.4, 0.5) is 5.82 Å². The quantitative estimate of drug-likeness (QED) is 0.686. The van der Waals surface area contributed by atoms with Crippen LogP contribution in [0.1, 0.15) is 61.0 Å². The maximum atomic E-state index is 9.18. The Bertz CT molecular complexity index is 1000. The van der Waals surface area contributed by atoms with Crippen molar-refractivity contribution in [3.63, 3.8) is 0 Å². The molecule has 2 fully saturated rings. The molecule has 2 heterocycles. The molecule has 0 radical (unpaired) electrons. The highest BCUT2D eigenvalue weighted by atomic mass is 15.2. The van der Waals surface area contributed by atoms with E-state index in [2.05, 4.69) is 68.2 Å². The highest BCUT2D eigenvalue weighted by Crippen LogP contribution is 2.22. The summed E-state index contributed by atoms with van der Waals surface area (Å²) in [6.45, 7) is 5.62. The molecule has 33 heavy (non-hydrogen) atoms. The van der Waals surface area contributed by atoms with Crippen molar-refractivity contribution >= 4 is 5.82 Å². The lowest BCUT2D eigenvalue weighted by Crippen LogP contribution is -2.43. The van der Waals surface area contributed by atoms with Crippen LogP contribution in [0.25, 0.3) is 0 Å². The van der Waals surface area contributed by atoms with Crippen LogP contribution in [0.3, 0.4) is 0 Å². The number of benzene rings is 1. The van der Waals surface area contributed by atoms with Gasteiger partial charge >= 0.3 is 0 Å². The number of nitrogens with one attached hydrogen (secondary N) is 1. The average Bonchev–Trinajstić information content (AvgIpc) is 2.85. The monoisotopic (exact) mass is 442 g/mol. The standard InChI is InChI=1S/C27H34N6/c1-32-15-17-33(18-16-32)21-23-13-11-22(12-14-23)7-5-6-8-24-20-29-26(19-28)31-27(24)30-25-9-3-2-4-10-25/h11-14,20,25H,2-5,7,9-10,15-18,21H2,1H3,(H,29,30,31). The van der Waals surface area contributed by atoms with Crippen LogP contribution in [-0.4, -0.2) is 59.0 Å². The van der Waals surface area contributed by atoms with Crippen LogP contribution in [0.5, 0.6) is 0 Å². The SMILES string of the molecule is CN1CCN(Cc2ccc(CCC#Cc3cnc(C#N)nc3NC3CCCCC3)cc2)CC1. The molecule has 0 bridgehead atoms. The van der Waals surface area contributed by atoms with Crippen LogP contribution < -0.4 is 5.32 Å². The molecule has 2 aromatic rings. The summed E-state index contributed by atoms with van der Waals surface area (Å²) in [5, 5.41) is 12.7. The van der Waals surface area contributed by atoms with Gasteiger partial charge in [0.2, 0.25) is 5.82 Å². The Balaban J connectivity index is 1.31. The van der Waals surface area contributed by atoms with Crippen LogP contribution in [0.2, 0.25) is 0 Å². The summed E-state index contributed by atoms with van der Waals surface area (Å²) < 4.78 is 0. The highest BCUT2D eigenvalue weighted by Gasteiger charge is 2.16. The normalized spacial score (nSPS) is 17.7.